The minimum atomic E-state index is 0.697. The van der Waals surface area contributed by atoms with E-state index in [1.165, 1.54) is 27.4 Å². The van der Waals surface area contributed by atoms with Crippen molar-refractivity contribution in [3.05, 3.63) is 176 Å². The molecule has 0 aliphatic carbocycles. The first-order chi connectivity index (χ1) is 25.8. The molecule has 5 heteroatoms. The molecule has 52 heavy (non-hydrogen) atoms. The summed E-state index contributed by atoms with van der Waals surface area (Å²) < 4.78 is 4.68. The minimum absolute atomic E-state index is 0.697. The Hall–Kier alpha value is -7.11. The number of nitrogens with zero attached hydrogens (tertiary/aromatic N) is 5. The molecule has 0 spiro atoms. The second-order valence-corrected chi connectivity index (χ2v) is 13.2. The summed E-state index contributed by atoms with van der Waals surface area (Å²) in [6, 6.07) is 61.8. The molecule has 0 saturated heterocycles. The number of rotatable bonds is 4. The molecule has 0 bridgehead atoms. The van der Waals surface area contributed by atoms with Gasteiger partial charge in [-0.15, -0.1) is 0 Å². The number of para-hydroxylation sites is 3. The van der Waals surface area contributed by atoms with Gasteiger partial charge in [0, 0.05) is 33.0 Å². The van der Waals surface area contributed by atoms with Crippen LogP contribution in [0.3, 0.4) is 0 Å². The van der Waals surface area contributed by atoms with Gasteiger partial charge in [0.2, 0.25) is 0 Å². The number of aromatic nitrogens is 5. The van der Waals surface area contributed by atoms with Gasteiger partial charge in [0.1, 0.15) is 5.65 Å². The van der Waals surface area contributed by atoms with Crippen LogP contribution in [-0.4, -0.2) is 23.9 Å². The van der Waals surface area contributed by atoms with Gasteiger partial charge in [-0.1, -0.05) is 133 Å². The summed E-state index contributed by atoms with van der Waals surface area (Å²) >= 11 is 0. The summed E-state index contributed by atoms with van der Waals surface area (Å²) in [5.74, 6) is 0.697. The van der Waals surface area contributed by atoms with Gasteiger partial charge >= 0.3 is 0 Å². The fourth-order valence-corrected chi connectivity index (χ4v) is 8.03. The molecule has 0 atom stereocenters. The van der Waals surface area contributed by atoms with Gasteiger partial charge in [-0.05, 0) is 53.6 Å². The van der Waals surface area contributed by atoms with Crippen molar-refractivity contribution in [3.63, 3.8) is 0 Å². The molecule has 0 N–H and O–H groups in total. The molecule has 0 aliphatic heterocycles. The highest BCUT2D eigenvalue weighted by Crippen LogP contribution is 2.41. The summed E-state index contributed by atoms with van der Waals surface area (Å²) in [5.41, 5.74) is 13.5. The Kier molecular flexibility index (Phi) is 6.18. The summed E-state index contributed by atoms with van der Waals surface area (Å²) in [6.07, 6.45) is 0. The van der Waals surface area contributed by atoms with Crippen molar-refractivity contribution >= 4 is 60.3 Å². The molecule has 11 aromatic rings. The fourth-order valence-electron chi connectivity index (χ4n) is 8.03. The molecule has 11 rings (SSSR count). The zero-order valence-corrected chi connectivity index (χ0v) is 28.0. The van der Waals surface area contributed by atoms with Gasteiger partial charge in [0.25, 0.3) is 0 Å². The zero-order chi connectivity index (χ0) is 34.2. The van der Waals surface area contributed by atoms with Crippen LogP contribution in [0.2, 0.25) is 0 Å². The number of hydrogen-bond donors (Lipinski definition) is 0. The predicted octanol–water partition coefficient (Wildman–Crippen LogP) is 11.7. The molecule has 0 unspecified atom stereocenters. The van der Waals surface area contributed by atoms with E-state index < -0.39 is 0 Å². The smallest absolute Gasteiger partial charge is 0.160 e. The van der Waals surface area contributed by atoms with E-state index in [1.54, 1.807) is 0 Å². The van der Waals surface area contributed by atoms with Crippen LogP contribution in [0.5, 0.6) is 0 Å². The Morgan fingerprint density at radius 3 is 1.85 bits per heavy atom. The Labute approximate surface area is 298 Å². The third kappa shape index (κ3) is 4.20. The van der Waals surface area contributed by atoms with Crippen LogP contribution in [0.15, 0.2) is 176 Å². The number of hydrogen-bond acceptors (Lipinski definition) is 3. The summed E-state index contributed by atoms with van der Waals surface area (Å²) in [5, 5.41) is 4.46. The molecule has 0 aliphatic rings. The summed E-state index contributed by atoms with van der Waals surface area (Å²) in [7, 11) is 0. The van der Waals surface area contributed by atoms with Crippen LogP contribution in [-0.2, 0) is 0 Å². The van der Waals surface area contributed by atoms with Crippen molar-refractivity contribution in [2.75, 3.05) is 0 Å². The van der Waals surface area contributed by atoms with Gasteiger partial charge in [-0.3, -0.25) is 4.40 Å². The van der Waals surface area contributed by atoms with E-state index in [1.807, 2.05) is 24.3 Å². The highest BCUT2D eigenvalue weighted by Gasteiger charge is 2.22. The number of benzene rings is 7. The first kappa shape index (κ1) is 28.7. The van der Waals surface area contributed by atoms with Crippen LogP contribution in [0.1, 0.15) is 0 Å². The van der Waals surface area contributed by atoms with Gasteiger partial charge in [0.15, 0.2) is 5.82 Å². The maximum atomic E-state index is 5.35. The molecule has 4 aromatic heterocycles. The molecule has 5 nitrogen and oxygen atoms in total. The Balaban J connectivity index is 1.24. The van der Waals surface area contributed by atoms with E-state index >= 15 is 0 Å². The van der Waals surface area contributed by atoms with Gasteiger partial charge in [-0.25, -0.2) is 15.0 Å². The van der Waals surface area contributed by atoms with Crippen molar-refractivity contribution in [2.24, 2.45) is 0 Å². The van der Waals surface area contributed by atoms with Crippen LogP contribution < -0.4 is 0 Å². The lowest BCUT2D eigenvalue weighted by Gasteiger charge is -2.14. The van der Waals surface area contributed by atoms with Crippen LogP contribution in [0.25, 0.3) is 99.8 Å². The molecule has 7 aromatic carbocycles. The van der Waals surface area contributed by atoms with Gasteiger partial charge in [-0.2, -0.15) is 0 Å². The Bertz CT molecular complexity index is 3160. The third-order valence-corrected chi connectivity index (χ3v) is 10.3. The van der Waals surface area contributed by atoms with Gasteiger partial charge in [0.05, 0.1) is 44.2 Å². The van der Waals surface area contributed by atoms with Crippen LogP contribution >= 0.6 is 0 Å². The lowest BCUT2D eigenvalue weighted by Crippen LogP contribution is -2.00. The van der Waals surface area contributed by atoms with Crippen molar-refractivity contribution < 1.29 is 0 Å². The largest absolute Gasteiger partial charge is 0.309 e. The first-order valence-electron chi connectivity index (χ1n) is 17.6. The second-order valence-electron chi connectivity index (χ2n) is 13.2. The first-order valence-corrected chi connectivity index (χ1v) is 17.6. The molecule has 242 valence electrons. The molecular formula is C47H29N5. The van der Waals surface area contributed by atoms with E-state index in [2.05, 4.69) is 161 Å². The van der Waals surface area contributed by atoms with E-state index in [0.29, 0.717) is 5.82 Å². The van der Waals surface area contributed by atoms with E-state index in [0.717, 1.165) is 66.6 Å². The maximum absolute atomic E-state index is 5.35. The molecule has 4 heterocycles. The number of fused-ring (bicyclic) bond motifs is 11. The summed E-state index contributed by atoms with van der Waals surface area (Å²) in [6.45, 7) is 0. The SMILES string of the molecule is c1ccc(-c2nc(-c3ccccc3)c3c(n2)c2ccccc2n2c4cc(-c5cccc6c5c5ccccc5n6-c5ccccc5)ccc4nc32)cc1. The minimum Gasteiger partial charge on any atom is -0.309 e. The quantitative estimate of drug-likeness (QED) is 0.176. The molecule has 0 fully saturated rings. The van der Waals surface area contributed by atoms with Gasteiger partial charge < -0.3 is 4.57 Å². The average molecular weight is 664 g/mol. The maximum Gasteiger partial charge on any atom is 0.160 e. The highest BCUT2D eigenvalue weighted by molar-refractivity contribution is 6.18. The van der Waals surface area contributed by atoms with E-state index in [-0.39, 0.29) is 0 Å². The standard InChI is InChI=1S/C47H29N5/c1-4-15-30(16-5-1)44-43-45(50-46(49-44)31-17-6-2-7-18-31)36-22-11-13-25-39(36)52-41-29-32(27-28-37(41)48-47(43)52)34-23-14-26-40-42(34)35-21-10-12-24-38(35)51(40)33-19-8-3-9-20-33/h1-29H. The number of pyridine rings is 1. The van der Waals surface area contributed by atoms with E-state index in [4.69, 9.17) is 15.0 Å². The molecule has 0 amide bonds. The topological polar surface area (TPSA) is 48.0 Å². The van der Waals surface area contributed by atoms with Crippen molar-refractivity contribution in [1.29, 1.82) is 0 Å². The monoisotopic (exact) mass is 663 g/mol. The summed E-state index contributed by atoms with van der Waals surface area (Å²) in [4.78, 5) is 15.9. The lowest BCUT2D eigenvalue weighted by molar-refractivity contribution is 1.18. The molecule has 0 saturated carbocycles. The van der Waals surface area contributed by atoms with Crippen LogP contribution in [0, 0.1) is 0 Å². The lowest BCUT2D eigenvalue weighted by atomic mass is 9.99. The second kappa shape index (κ2) is 11.2. The Morgan fingerprint density at radius 2 is 1.06 bits per heavy atom. The van der Waals surface area contributed by atoms with Crippen molar-refractivity contribution in [3.8, 4) is 39.5 Å². The number of imidazole rings is 1. The zero-order valence-electron chi connectivity index (χ0n) is 28.0. The van der Waals surface area contributed by atoms with Crippen LogP contribution in [0.4, 0.5) is 0 Å². The average Bonchev–Trinajstić information content (AvgIpc) is 3.78. The normalized spacial score (nSPS) is 11.8. The Morgan fingerprint density at radius 1 is 0.404 bits per heavy atom. The van der Waals surface area contributed by atoms with Crippen molar-refractivity contribution in [2.45, 2.75) is 0 Å². The highest BCUT2D eigenvalue weighted by atomic mass is 15.0. The molecular weight excluding hydrogens is 635 g/mol. The molecule has 0 radical (unpaired) electrons. The fraction of sp³-hybridized carbons (Fsp3) is 0. The van der Waals surface area contributed by atoms with Crippen molar-refractivity contribution in [1.82, 2.24) is 23.9 Å². The van der Waals surface area contributed by atoms with E-state index in [9.17, 15) is 0 Å². The third-order valence-electron chi connectivity index (χ3n) is 10.3. The predicted molar refractivity (Wildman–Crippen MR) is 214 cm³/mol.